The topological polar surface area (TPSA) is 47.1 Å². The Morgan fingerprint density at radius 1 is 0.938 bits per heavy atom. The largest absolute Gasteiger partial charge is 0.304 e. The van der Waals surface area contributed by atoms with Gasteiger partial charge in [-0.15, -0.1) is 0 Å². The van der Waals surface area contributed by atoms with Crippen molar-refractivity contribution in [2.75, 3.05) is 49.7 Å². The lowest BCUT2D eigenvalue weighted by molar-refractivity contribution is -0.115. The lowest BCUT2D eigenvalue weighted by Crippen LogP contribution is -2.49. The van der Waals surface area contributed by atoms with Crippen LogP contribution in [-0.4, -0.2) is 65.8 Å². The smallest absolute Gasteiger partial charge is 0.271 e. The summed E-state index contributed by atoms with van der Waals surface area (Å²) in [5.74, 6) is -0.475. The predicted molar refractivity (Wildman–Crippen MR) is 134 cm³/mol. The van der Waals surface area contributed by atoms with Crippen LogP contribution in [0.3, 0.4) is 0 Å². The third-order valence-corrected chi connectivity index (χ3v) is 7.64. The second kappa shape index (κ2) is 8.61. The van der Waals surface area contributed by atoms with Crippen molar-refractivity contribution >= 4 is 68.7 Å². The second-order valence-electron chi connectivity index (χ2n) is 7.98. The number of hydrogen-bond donors (Lipinski definition) is 0. The number of fused-ring (bicyclic) bond motifs is 1. The number of benzene rings is 2. The average Bonchev–Trinajstić information content (AvgIpc) is 3.22. The van der Waals surface area contributed by atoms with Crippen LogP contribution in [0.4, 0.5) is 11.4 Å². The molecule has 0 aromatic heterocycles. The van der Waals surface area contributed by atoms with Crippen molar-refractivity contribution in [1.29, 1.82) is 0 Å². The summed E-state index contributed by atoms with van der Waals surface area (Å²) in [6.45, 7) is 4.22. The van der Waals surface area contributed by atoms with Crippen LogP contribution in [0, 0.1) is 0 Å². The zero-order valence-corrected chi connectivity index (χ0v) is 19.8. The SMILES string of the molecule is CN1CCN(CN2C(=O)C(=C3SC(=S)N(c4ccccc4Cl)C3=O)c3ccccc32)CC1. The highest BCUT2D eigenvalue weighted by Gasteiger charge is 2.43. The number of likely N-dealkylation sites (N-methyl/N-ethyl adjacent to an activating group) is 1. The molecule has 6 nitrogen and oxygen atoms in total. The quantitative estimate of drug-likeness (QED) is 0.489. The van der Waals surface area contributed by atoms with Crippen molar-refractivity contribution in [3.63, 3.8) is 0 Å². The van der Waals surface area contributed by atoms with E-state index in [0.717, 1.165) is 49.2 Å². The van der Waals surface area contributed by atoms with Crippen molar-refractivity contribution in [3.05, 3.63) is 64.0 Å². The van der Waals surface area contributed by atoms with Crippen molar-refractivity contribution < 1.29 is 9.59 Å². The zero-order chi connectivity index (χ0) is 22.4. The van der Waals surface area contributed by atoms with E-state index >= 15 is 0 Å². The maximum atomic E-state index is 13.6. The molecule has 2 amide bonds. The first-order chi connectivity index (χ1) is 15.5. The van der Waals surface area contributed by atoms with Gasteiger partial charge in [0.15, 0.2) is 4.32 Å². The van der Waals surface area contributed by atoms with Gasteiger partial charge >= 0.3 is 0 Å². The fraction of sp³-hybridized carbons (Fsp3) is 0.261. The highest BCUT2D eigenvalue weighted by molar-refractivity contribution is 8.27. The van der Waals surface area contributed by atoms with Gasteiger partial charge in [-0.2, -0.15) is 0 Å². The molecule has 3 heterocycles. The monoisotopic (exact) mass is 484 g/mol. The van der Waals surface area contributed by atoms with Crippen LogP contribution < -0.4 is 9.80 Å². The first kappa shape index (κ1) is 21.6. The van der Waals surface area contributed by atoms with Gasteiger partial charge in [-0.05, 0) is 25.2 Å². The van der Waals surface area contributed by atoms with E-state index in [1.165, 1.54) is 4.90 Å². The average molecular weight is 485 g/mol. The molecule has 5 rings (SSSR count). The summed E-state index contributed by atoms with van der Waals surface area (Å²) in [7, 11) is 2.10. The van der Waals surface area contributed by atoms with Crippen molar-refractivity contribution in [2.24, 2.45) is 0 Å². The van der Waals surface area contributed by atoms with Crippen LogP contribution in [0.5, 0.6) is 0 Å². The summed E-state index contributed by atoms with van der Waals surface area (Å²) in [5.41, 5.74) is 2.54. The van der Waals surface area contributed by atoms with Gasteiger partial charge < -0.3 is 4.90 Å². The molecule has 0 radical (unpaired) electrons. The molecule has 32 heavy (non-hydrogen) atoms. The summed E-state index contributed by atoms with van der Waals surface area (Å²) in [6, 6.07) is 14.7. The van der Waals surface area contributed by atoms with Crippen molar-refractivity contribution in [1.82, 2.24) is 9.80 Å². The van der Waals surface area contributed by atoms with E-state index in [2.05, 4.69) is 16.8 Å². The van der Waals surface area contributed by atoms with E-state index in [1.807, 2.05) is 24.3 Å². The van der Waals surface area contributed by atoms with Gasteiger partial charge in [-0.25, -0.2) is 0 Å². The van der Waals surface area contributed by atoms with Crippen LogP contribution in [0.1, 0.15) is 5.56 Å². The minimum atomic E-state index is -0.312. The molecule has 0 unspecified atom stereocenters. The molecule has 164 valence electrons. The molecule has 2 saturated heterocycles. The molecular weight excluding hydrogens is 464 g/mol. The number of carbonyl (C=O) groups is 2. The first-order valence-corrected chi connectivity index (χ1v) is 11.9. The molecule has 0 atom stereocenters. The normalized spacial score (nSPS) is 22.2. The van der Waals surface area contributed by atoms with Crippen LogP contribution in [0.25, 0.3) is 5.57 Å². The molecule has 2 aromatic carbocycles. The summed E-state index contributed by atoms with van der Waals surface area (Å²) in [6.07, 6.45) is 0. The zero-order valence-electron chi connectivity index (χ0n) is 17.5. The van der Waals surface area contributed by atoms with Crippen molar-refractivity contribution in [2.45, 2.75) is 0 Å². The lowest BCUT2D eigenvalue weighted by atomic mass is 10.1. The molecule has 0 saturated carbocycles. The summed E-state index contributed by atoms with van der Waals surface area (Å²) in [4.78, 5) is 35.2. The Morgan fingerprint density at radius 2 is 1.59 bits per heavy atom. The number of anilines is 2. The Kier molecular flexibility index (Phi) is 5.81. The number of thiocarbonyl (C=S) groups is 1. The highest BCUT2D eigenvalue weighted by Crippen LogP contribution is 2.46. The minimum absolute atomic E-state index is 0.162. The number of piperazine rings is 1. The molecule has 0 N–H and O–H groups in total. The number of halogens is 1. The van der Waals surface area contributed by atoms with Crippen LogP contribution >= 0.6 is 35.6 Å². The van der Waals surface area contributed by atoms with Gasteiger partial charge in [0, 0.05) is 31.7 Å². The van der Waals surface area contributed by atoms with E-state index in [0.29, 0.717) is 32.2 Å². The summed E-state index contributed by atoms with van der Waals surface area (Å²) in [5, 5.41) is 0.435. The molecular formula is C23H21ClN4O2S2. The Morgan fingerprint density at radius 3 is 2.31 bits per heavy atom. The fourth-order valence-corrected chi connectivity index (χ4v) is 5.77. The van der Waals surface area contributed by atoms with E-state index in [4.69, 9.17) is 23.8 Å². The van der Waals surface area contributed by atoms with Gasteiger partial charge in [-0.3, -0.25) is 24.3 Å². The summed E-state index contributed by atoms with van der Waals surface area (Å²) >= 11 is 13.0. The standard InChI is InChI=1S/C23H21ClN4O2S2/c1-25-10-12-26(13-11-25)14-27-17-8-4-2-6-15(17)19(21(27)29)20-22(30)28(23(31)32-20)18-9-5-3-7-16(18)24/h2-9H,10-14H2,1H3. The number of rotatable bonds is 3. The van der Waals surface area contributed by atoms with Gasteiger partial charge in [-0.1, -0.05) is 65.9 Å². The first-order valence-electron chi connectivity index (χ1n) is 10.3. The fourth-order valence-electron chi connectivity index (χ4n) is 4.19. The molecule has 0 bridgehead atoms. The van der Waals surface area contributed by atoms with Crippen LogP contribution in [0.2, 0.25) is 5.02 Å². The molecule has 3 aliphatic heterocycles. The van der Waals surface area contributed by atoms with Crippen LogP contribution in [-0.2, 0) is 9.59 Å². The molecule has 2 fully saturated rings. The molecule has 3 aliphatic rings. The van der Waals surface area contributed by atoms with Crippen molar-refractivity contribution in [3.8, 4) is 0 Å². The van der Waals surface area contributed by atoms with Gasteiger partial charge in [0.2, 0.25) is 0 Å². The number of carbonyl (C=O) groups excluding carboxylic acids is 2. The number of para-hydroxylation sites is 2. The Bertz CT molecular complexity index is 1160. The number of hydrogen-bond acceptors (Lipinski definition) is 6. The Balaban J connectivity index is 1.52. The Labute approximate surface area is 201 Å². The lowest BCUT2D eigenvalue weighted by Gasteiger charge is -2.34. The van der Waals surface area contributed by atoms with Gasteiger partial charge in [0.05, 0.1) is 33.5 Å². The third kappa shape index (κ3) is 3.66. The minimum Gasteiger partial charge on any atom is -0.304 e. The third-order valence-electron chi connectivity index (χ3n) is 5.95. The maximum absolute atomic E-state index is 13.6. The van der Waals surface area contributed by atoms with E-state index in [1.54, 1.807) is 29.2 Å². The number of nitrogens with zero attached hydrogens (tertiary/aromatic N) is 4. The number of amides is 2. The highest BCUT2D eigenvalue weighted by atomic mass is 35.5. The molecule has 0 aliphatic carbocycles. The summed E-state index contributed by atoms with van der Waals surface area (Å²) < 4.78 is 0.369. The van der Waals surface area contributed by atoms with E-state index in [9.17, 15) is 9.59 Å². The molecule has 2 aromatic rings. The van der Waals surface area contributed by atoms with Gasteiger partial charge in [0.25, 0.3) is 11.8 Å². The number of thioether (sulfide) groups is 1. The predicted octanol–water partition coefficient (Wildman–Crippen LogP) is 3.67. The van der Waals surface area contributed by atoms with E-state index < -0.39 is 0 Å². The Hall–Kier alpha value is -2.23. The molecule has 0 spiro atoms. The molecule has 9 heteroatoms. The van der Waals surface area contributed by atoms with Gasteiger partial charge in [0.1, 0.15) is 0 Å². The van der Waals surface area contributed by atoms with Crippen LogP contribution in [0.15, 0.2) is 53.4 Å². The van der Waals surface area contributed by atoms with E-state index in [-0.39, 0.29) is 11.8 Å². The maximum Gasteiger partial charge on any atom is 0.271 e. The second-order valence-corrected chi connectivity index (χ2v) is 10.0.